The summed E-state index contributed by atoms with van der Waals surface area (Å²) in [4.78, 5) is 36.1. The van der Waals surface area contributed by atoms with Gasteiger partial charge in [0.2, 0.25) is 0 Å². The van der Waals surface area contributed by atoms with E-state index in [1.54, 1.807) is 70.0 Å². The number of hydrogen-bond donors (Lipinski definition) is 3. The van der Waals surface area contributed by atoms with Crippen molar-refractivity contribution in [3.63, 3.8) is 0 Å². The monoisotopic (exact) mass is 558 g/mol. The molecule has 0 fully saturated rings. The molecule has 0 radical (unpaired) electrons. The first-order valence-corrected chi connectivity index (χ1v) is 13.5. The predicted molar refractivity (Wildman–Crippen MR) is 142 cm³/mol. The Labute approximate surface area is 225 Å². The number of ether oxygens (including phenoxy) is 2. The van der Waals surface area contributed by atoms with Gasteiger partial charge in [0.15, 0.2) is 12.5 Å². The first-order chi connectivity index (χ1) is 18.4. The minimum atomic E-state index is -4.81. The topological polar surface area (TPSA) is 162 Å². The van der Waals surface area contributed by atoms with Gasteiger partial charge in [-0.05, 0) is 37.1 Å². The van der Waals surface area contributed by atoms with E-state index in [0.717, 1.165) is 22.3 Å². The Bertz CT molecular complexity index is 1540. The van der Waals surface area contributed by atoms with Gasteiger partial charge >= 0.3 is 13.8 Å². The van der Waals surface area contributed by atoms with Crippen LogP contribution in [0.15, 0.2) is 42.9 Å². The number of aryl methyl sites for hydroxylation is 2. The summed E-state index contributed by atoms with van der Waals surface area (Å²) in [5.41, 5.74) is 2.65. The van der Waals surface area contributed by atoms with Gasteiger partial charge in [0, 0.05) is 36.5 Å². The van der Waals surface area contributed by atoms with Crippen molar-refractivity contribution in [1.29, 1.82) is 0 Å². The van der Waals surface area contributed by atoms with E-state index >= 15 is 0 Å². The zero-order chi connectivity index (χ0) is 28.4. The van der Waals surface area contributed by atoms with Crippen LogP contribution in [0.5, 0.6) is 5.75 Å². The standard InChI is InChI=1S/C25H31N6O7P/c1-16-10-17(2)23(20(11-16)38-39(33,34)35)25(3,4)13-22(32)37-15-31-21(6-7-27-31)28-24-19-12-18(14-36-5)29-30(19)9-8-26-24/h6-12H,13-15H2,1-5H3,(H,26,28)(H2,33,34,35). The molecule has 4 rings (SSSR count). The highest BCUT2D eigenvalue weighted by Crippen LogP contribution is 2.45. The number of esters is 1. The van der Waals surface area contributed by atoms with E-state index < -0.39 is 19.2 Å². The van der Waals surface area contributed by atoms with Crippen LogP contribution in [0, 0.1) is 13.8 Å². The van der Waals surface area contributed by atoms with Gasteiger partial charge in [-0.2, -0.15) is 10.2 Å². The maximum absolute atomic E-state index is 12.9. The lowest BCUT2D eigenvalue weighted by molar-refractivity contribution is -0.149. The molecule has 0 aliphatic heterocycles. The number of rotatable bonds is 11. The average molecular weight is 559 g/mol. The predicted octanol–water partition coefficient (Wildman–Crippen LogP) is 3.77. The molecule has 3 heterocycles. The van der Waals surface area contributed by atoms with E-state index in [0.29, 0.717) is 23.8 Å². The van der Waals surface area contributed by atoms with Crippen LogP contribution in [0.2, 0.25) is 0 Å². The Hall–Kier alpha value is -3.77. The number of aromatic nitrogens is 5. The summed E-state index contributed by atoms with van der Waals surface area (Å²) < 4.78 is 30.4. The molecule has 14 heteroatoms. The number of phosphoric ester groups is 1. The van der Waals surface area contributed by atoms with Crippen molar-refractivity contribution >= 4 is 30.9 Å². The van der Waals surface area contributed by atoms with Crippen LogP contribution in [-0.4, -0.2) is 47.2 Å². The van der Waals surface area contributed by atoms with Gasteiger partial charge in [-0.3, -0.25) is 14.6 Å². The maximum Gasteiger partial charge on any atom is 0.524 e. The summed E-state index contributed by atoms with van der Waals surface area (Å²) in [5.74, 6) is 0.592. The Kier molecular flexibility index (Phi) is 8.07. The van der Waals surface area contributed by atoms with Crippen LogP contribution in [-0.2, 0) is 37.6 Å². The molecule has 0 spiro atoms. The van der Waals surface area contributed by atoms with Crippen LogP contribution in [0.1, 0.15) is 42.7 Å². The van der Waals surface area contributed by atoms with E-state index in [1.165, 1.54) is 4.68 Å². The first-order valence-electron chi connectivity index (χ1n) is 12.0. The van der Waals surface area contributed by atoms with E-state index in [1.807, 2.05) is 12.1 Å². The summed E-state index contributed by atoms with van der Waals surface area (Å²) in [6.07, 6.45) is 4.83. The van der Waals surface area contributed by atoms with Crippen LogP contribution in [0.4, 0.5) is 11.6 Å². The molecule has 0 saturated carbocycles. The third-order valence-electron chi connectivity index (χ3n) is 5.97. The molecule has 0 amide bonds. The average Bonchev–Trinajstić information content (AvgIpc) is 3.42. The molecule has 0 aliphatic rings. The third kappa shape index (κ3) is 6.82. The van der Waals surface area contributed by atoms with Crippen LogP contribution < -0.4 is 9.84 Å². The number of phosphoric acid groups is 1. The molecule has 0 unspecified atom stereocenters. The zero-order valence-corrected chi connectivity index (χ0v) is 23.2. The lowest BCUT2D eigenvalue weighted by atomic mass is 9.78. The van der Waals surface area contributed by atoms with Crippen LogP contribution in [0.25, 0.3) is 5.52 Å². The van der Waals surface area contributed by atoms with Crippen LogP contribution >= 0.6 is 7.82 Å². The number of carbonyl (C=O) groups excluding carboxylic acids is 1. The highest BCUT2D eigenvalue weighted by molar-refractivity contribution is 7.46. The van der Waals surface area contributed by atoms with Gasteiger partial charge < -0.3 is 19.3 Å². The molecule has 0 aliphatic carbocycles. The molecule has 3 N–H and O–H groups in total. The van der Waals surface area contributed by atoms with Gasteiger partial charge in [0.1, 0.15) is 17.1 Å². The summed E-state index contributed by atoms with van der Waals surface area (Å²) in [6.45, 7) is 7.36. The van der Waals surface area contributed by atoms with Crippen molar-refractivity contribution < 1.29 is 33.1 Å². The van der Waals surface area contributed by atoms with Crippen molar-refractivity contribution in [2.24, 2.45) is 0 Å². The Morgan fingerprint density at radius 2 is 1.95 bits per heavy atom. The van der Waals surface area contributed by atoms with Gasteiger partial charge in [-0.15, -0.1) is 0 Å². The van der Waals surface area contributed by atoms with Crippen LogP contribution in [0.3, 0.4) is 0 Å². The number of anilines is 2. The van der Waals surface area contributed by atoms with Gasteiger partial charge in [-0.25, -0.2) is 18.7 Å². The number of nitrogens with zero attached hydrogens (tertiary/aromatic N) is 5. The third-order valence-corrected chi connectivity index (χ3v) is 6.40. The fourth-order valence-electron chi connectivity index (χ4n) is 4.58. The van der Waals surface area contributed by atoms with E-state index in [9.17, 15) is 19.1 Å². The first kappa shape index (κ1) is 28.2. The quantitative estimate of drug-likeness (QED) is 0.181. The molecule has 4 aromatic rings. The second-order valence-electron chi connectivity index (χ2n) is 9.76. The maximum atomic E-state index is 12.9. The number of methoxy groups -OCH3 is 1. The highest BCUT2D eigenvalue weighted by Gasteiger charge is 2.32. The van der Waals surface area contributed by atoms with Crippen molar-refractivity contribution in [2.75, 3.05) is 12.4 Å². The van der Waals surface area contributed by atoms with Gasteiger partial charge in [0.05, 0.1) is 24.9 Å². The lowest BCUT2D eigenvalue weighted by Crippen LogP contribution is -2.26. The highest BCUT2D eigenvalue weighted by atomic mass is 31.2. The van der Waals surface area contributed by atoms with Gasteiger partial charge in [0.25, 0.3) is 0 Å². The summed E-state index contributed by atoms with van der Waals surface area (Å²) in [5, 5.41) is 11.9. The number of hydrogen-bond acceptors (Lipinski definition) is 9. The van der Waals surface area contributed by atoms with Crippen molar-refractivity contribution in [3.8, 4) is 5.75 Å². The molecule has 0 atom stereocenters. The minimum Gasteiger partial charge on any atom is -0.442 e. The zero-order valence-electron chi connectivity index (χ0n) is 22.3. The smallest absolute Gasteiger partial charge is 0.442 e. The Morgan fingerprint density at radius 1 is 1.18 bits per heavy atom. The second kappa shape index (κ2) is 11.1. The molecule has 0 saturated heterocycles. The molecule has 39 heavy (non-hydrogen) atoms. The molecule has 208 valence electrons. The summed E-state index contributed by atoms with van der Waals surface area (Å²) in [7, 11) is -3.21. The largest absolute Gasteiger partial charge is 0.524 e. The van der Waals surface area contributed by atoms with Crippen molar-refractivity contribution in [2.45, 2.75) is 52.9 Å². The lowest BCUT2D eigenvalue weighted by Gasteiger charge is -2.29. The molecule has 0 bridgehead atoms. The van der Waals surface area contributed by atoms with E-state index in [-0.39, 0.29) is 18.9 Å². The summed E-state index contributed by atoms with van der Waals surface area (Å²) >= 11 is 0. The molecule has 13 nitrogen and oxygen atoms in total. The van der Waals surface area contributed by atoms with Crippen molar-refractivity contribution in [1.82, 2.24) is 24.4 Å². The number of benzene rings is 1. The molecule has 1 aromatic carbocycles. The Balaban J connectivity index is 1.47. The minimum absolute atomic E-state index is 0.0346. The Morgan fingerprint density at radius 3 is 2.67 bits per heavy atom. The van der Waals surface area contributed by atoms with E-state index in [2.05, 4.69) is 20.5 Å². The van der Waals surface area contributed by atoms with Crippen molar-refractivity contribution in [3.05, 3.63) is 65.2 Å². The van der Waals surface area contributed by atoms with Gasteiger partial charge in [-0.1, -0.05) is 19.9 Å². The summed E-state index contributed by atoms with van der Waals surface area (Å²) in [6, 6.07) is 6.99. The number of fused-ring (bicyclic) bond motifs is 1. The second-order valence-corrected chi connectivity index (χ2v) is 10.9. The van der Waals surface area contributed by atoms with E-state index in [4.69, 9.17) is 14.0 Å². The SMILES string of the molecule is COCc1cc2c(Nc3ccnn3COC(=O)CC(C)(C)c3c(C)cc(C)cc3OP(=O)(O)O)nccn2n1. The number of nitrogens with one attached hydrogen (secondary N) is 1. The molecular weight excluding hydrogens is 527 g/mol. The molecular formula is C25H31N6O7P. The normalized spacial score (nSPS) is 12.1. The fraction of sp³-hybridized carbons (Fsp3) is 0.360. The molecule has 3 aromatic heterocycles. The fourth-order valence-corrected chi connectivity index (χ4v) is 4.98. The number of carbonyl (C=O) groups is 1.